The SMILES string of the molecule is O=C(Cn1nnc(-c2ccc(Cl)cc2)n1)NCc1ccccc1. The normalized spacial score (nSPS) is 10.5. The lowest BCUT2D eigenvalue weighted by Gasteiger charge is -2.04. The lowest BCUT2D eigenvalue weighted by atomic mass is 10.2. The van der Waals surface area contributed by atoms with Gasteiger partial charge in [-0.3, -0.25) is 4.79 Å². The van der Waals surface area contributed by atoms with Crippen molar-refractivity contribution in [3.63, 3.8) is 0 Å². The molecular weight excluding hydrogens is 314 g/mol. The van der Waals surface area contributed by atoms with Gasteiger partial charge in [0.2, 0.25) is 11.7 Å². The molecular formula is C16H14ClN5O. The number of benzene rings is 2. The number of rotatable bonds is 5. The van der Waals surface area contributed by atoms with Crippen LogP contribution in [0.25, 0.3) is 11.4 Å². The van der Waals surface area contributed by atoms with Crippen molar-refractivity contribution in [3.8, 4) is 11.4 Å². The predicted octanol–water partition coefficient (Wildman–Crippen LogP) is 2.31. The zero-order valence-corrected chi connectivity index (χ0v) is 12.9. The van der Waals surface area contributed by atoms with Gasteiger partial charge in [-0.15, -0.1) is 10.2 Å². The number of aromatic nitrogens is 4. The fourth-order valence-electron chi connectivity index (χ4n) is 2.01. The van der Waals surface area contributed by atoms with E-state index in [2.05, 4.69) is 20.7 Å². The Morgan fingerprint density at radius 2 is 1.83 bits per heavy atom. The molecule has 1 aromatic heterocycles. The number of halogens is 1. The fourth-order valence-corrected chi connectivity index (χ4v) is 2.13. The van der Waals surface area contributed by atoms with Crippen LogP contribution in [0.1, 0.15) is 5.56 Å². The number of carbonyl (C=O) groups is 1. The van der Waals surface area contributed by atoms with E-state index in [1.165, 1.54) is 4.80 Å². The molecule has 0 spiro atoms. The van der Waals surface area contributed by atoms with Crippen molar-refractivity contribution in [2.75, 3.05) is 0 Å². The second-order valence-electron chi connectivity index (χ2n) is 4.91. The molecule has 0 aliphatic carbocycles. The summed E-state index contributed by atoms with van der Waals surface area (Å²) < 4.78 is 0. The predicted molar refractivity (Wildman–Crippen MR) is 86.6 cm³/mol. The summed E-state index contributed by atoms with van der Waals surface area (Å²) in [5, 5.41) is 15.5. The van der Waals surface area contributed by atoms with Crippen molar-refractivity contribution in [2.24, 2.45) is 0 Å². The molecule has 0 atom stereocenters. The van der Waals surface area contributed by atoms with E-state index in [1.54, 1.807) is 24.3 Å². The van der Waals surface area contributed by atoms with Gasteiger partial charge in [0.1, 0.15) is 6.54 Å². The first kappa shape index (κ1) is 15.2. The molecule has 116 valence electrons. The zero-order valence-electron chi connectivity index (χ0n) is 12.2. The van der Waals surface area contributed by atoms with E-state index in [4.69, 9.17) is 11.6 Å². The molecule has 7 heteroatoms. The molecule has 0 saturated carbocycles. The van der Waals surface area contributed by atoms with Crippen LogP contribution in [0.4, 0.5) is 0 Å². The summed E-state index contributed by atoms with van der Waals surface area (Å²) in [6.45, 7) is 0.492. The first-order valence-corrected chi connectivity index (χ1v) is 7.43. The molecule has 3 aromatic rings. The molecule has 0 bridgehead atoms. The second-order valence-corrected chi connectivity index (χ2v) is 5.35. The van der Waals surface area contributed by atoms with Crippen LogP contribution in [-0.4, -0.2) is 26.1 Å². The van der Waals surface area contributed by atoms with Crippen LogP contribution in [0.15, 0.2) is 54.6 Å². The van der Waals surface area contributed by atoms with Crippen molar-refractivity contribution < 1.29 is 4.79 Å². The Balaban J connectivity index is 1.58. The molecule has 1 heterocycles. The minimum atomic E-state index is -0.172. The molecule has 0 aliphatic rings. The molecule has 2 aromatic carbocycles. The van der Waals surface area contributed by atoms with Gasteiger partial charge in [-0.25, -0.2) is 0 Å². The van der Waals surface area contributed by atoms with Gasteiger partial charge in [-0.1, -0.05) is 41.9 Å². The topological polar surface area (TPSA) is 72.7 Å². The Morgan fingerprint density at radius 1 is 1.09 bits per heavy atom. The molecule has 0 saturated heterocycles. The summed E-state index contributed by atoms with van der Waals surface area (Å²) in [7, 11) is 0. The standard InChI is InChI=1S/C16H14ClN5O/c17-14-8-6-13(7-9-14)16-19-21-22(20-16)11-15(23)18-10-12-4-2-1-3-5-12/h1-9H,10-11H2,(H,18,23). The van der Waals surface area contributed by atoms with Gasteiger partial charge in [-0.05, 0) is 35.0 Å². The Morgan fingerprint density at radius 3 is 2.57 bits per heavy atom. The van der Waals surface area contributed by atoms with E-state index in [0.29, 0.717) is 17.4 Å². The summed E-state index contributed by atoms with van der Waals surface area (Å²) in [6, 6.07) is 16.8. The van der Waals surface area contributed by atoms with E-state index in [9.17, 15) is 4.79 Å². The van der Waals surface area contributed by atoms with E-state index < -0.39 is 0 Å². The van der Waals surface area contributed by atoms with Crippen LogP contribution in [0, 0.1) is 0 Å². The van der Waals surface area contributed by atoms with Crippen molar-refractivity contribution in [2.45, 2.75) is 13.1 Å². The van der Waals surface area contributed by atoms with Crippen LogP contribution in [0.5, 0.6) is 0 Å². The maximum Gasteiger partial charge on any atom is 0.243 e. The molecule has 0 aliphatic heterocycles. The highest BCUT2D eigenvalue weighted by molar-refractivity contribution is 6.30. The quantitative estimate of drug-likeness (QED) is 0.780. The number of amides is 1. The highest BCUT2D eigenvalue weighted by atomic mass is 35.5. The van der Waals surface area contributed by atoms with Gasteiger partial charge < -0.3 is 5.32 Å². The van der Waals surface area contributed by atoms with E-state index >= 15 is 0 Å². The van der Waals surface area contributed by atoms with Gasteiger partial charge in [0.15, 0.2) is 0 Å². The molecule has 3 rings (SSSR count). The van der Waals surface area contributed by atoms with Crippen LogP contribution >= 0.6 is 11.6 Å². The molecule has 1 amide bonds. The molecule has 0 fully saturated rings. The average molecular weight is 328 g/mol. The third-order valence-corrected chi connectivity index (χ3v) is 3.42. The first-order chi connectivity index (χ1) is 11.2. The second kappa shape index (κ2) is 7.02. The lowest BCUT2D eigenvalue weighted by Crippen LogP contribution is -2.28. The van der Waals surface area contributed by atoms with Gasteiger partial charge in [0, 0.05) is 17.1 Å². The monoisotopic (exact) mass is 327 g/mol. The van der Waals surface area contributed by atoms with Crippen LogP contribution < -0.4 is 5.32 Å². The molecule has 1 N–H and O–H groups in total. The van der Waals surface area contributed by atoms with Gasteiger partial charge in [-0.2, -0.15) is 4.80 Å². The van der Waals surface area contributed by atoms with Crippen molar-refractivity contribution in [1.82, 2.24) is 25.5 Å². The van der Waals surface area contributed by atoms with Crippen molar-refractivity contribution >= 4 is 17.5 Å². The third-order valence-electron chi connectivity index (χ3n) is 3.17. The average Bonchev–Trinajstić information content (AvgIpc) is 3.03. The molecule has 0 radical (unpaired) electrons. The van der Waals surface area contributed by atoms with E-state index in [1.807, 2.05) is 30.3 Å². The van der Waals surface area contributed by atoms with Crippen LogP contribution in [0.3, 0.4) is 0 Å². The largest absolute Gasteiger partial charge is 0.350 e. The summed E-state index contributed by atoms with van der Waals surface area (Å²) in [4.78, 5) is 13.2. The summed E-state index contributed by atoms with van der Waals surface area (Å²) in [5.74, 6) is 0.284. The van der Waals surface area contributed by atoms with Crippen molar-refractivity contribution in [3.05, 3.63) is 65.2 Å². The summed E-state index contributed by atoms with van der Waals surface area (Å²) in [6.07, 6.45) is 0. The minimum Gasteiger partial charge on any atom is -0.350 e. The molecule has 0 unspecified atom stereocenters. The summed E-state index contributed by atoms with van der Waals surface area (Å²) >= 11 is 5.84. The number of carbonyl (C=O) groups excluding carboxylic acids is 1. The smallest absolute Gasteiger partial charge is 0.243 e. The molecule has 6 nitrogen and oxygen atoms in total. The van der Waals surface area contributed by atoms with Gasteiger partial charge >= 0.3 is 0 Å². The van der Waals surface area contributed by atoms with E-state index in [-0.39, 0.29) is 12.5 Å². The Kier molecular flexibility index (Phi) is 4.63. The van der Waals surface area contributed by atoms with Gasteiger partial charge in [0.25, 0.3) is 0 Å². The number of hydrogen-bond donors (Lipinski definition) is 1. The minimum absolute atomic E-state index is 0.0213. The number of hydrogen-bond acceptors (Lipinski definition) is 4. The van der Waals surface area contributed by atoms with Crippen LogP contribution in [-0.2, 0) is 17.9 Å². The van der Waals surface area contributed by atoms with Crippen LogP contribution in [0.2, 0.25) is 5.02 Å². The molecule has 23 heavy (non-hydrogen) atoms. The Bertz CT molecular complexity index is 786. The Labute approximate surface area is 138 Å². The number of nitrogens with one attached hydrogen (secondary N) is 1. The zero-order chi connectivity index (χ0) is 16.1. The maximum absolute atomic E-state index is 11.9. The lowest BCUT2D eigenvalue weighted by molar-refractivity contribution is -0.122. The number of nitrogens with zero attached hydrogens (tertiary/aromatic N) is 4. The van der Waals surface area contributed by atoms with E-state index in [0.717, 1.165) is 11.1 Å². The Hall–Kier alpha value is -2.73. The fraction of sp³-hybridized carbons (Fsp3) is 0.125. The van der Waals surface area contributed by atoms with Gasteiger partial charge in [0.05, 0.1) is 0 Å². The summed E-state index contributed by atoms with van der Waals surface area (Å²) in [5.41, 5.74) is 1.83. The highest BCUT2D eigenvalue weighted by Crippen LogP contribution is 2.16. The first-order valence-electron chi connectivity index (χ1n) is 7.05. The number of tetrazole rings is 1. The maximum atomic E-state index is 11.9. The third kappa shape index (κ3) is 4.14. The van der Waals surface area contributed by atoms with Crippen molar-refractivity contribution in [1.29, 1.82) is 0 Å². The highest BCUT2D eigenvalue weighted by Gasteiger charge is 2.09.